The summed E-state index contributed by atoms with van der Waals surface area (Å²) < 4.78 is 5.78. The second-order valence-electron chi connectivity index (χ2n) is 5.03. The zero-order valence-electron chi connectivity index (χ0n) is 8.34. The molecule has 70 valence electrons. The standard InChI is InChI=1S/C10H19NO/c1-10(2,3)11-6-8-4-5-9(7-11)12-8/h8-9H,4-7H2,1-3H3. The van der Waals surface area contributed by atoms with Crippen LogP contribution < -0.4 is 0 Å². The molecule has 2 unspecified atom stereocenters. The number of hydrogen-bond acceptors (Lipinski definition) is 2. The van der Waals surface area contributed by atoms with Gasteiger partial charge in [-0.25, -0.2) is 0 Å². The van der Waals surface area contributed by atoms with Gasteiger partial charge < -0.3 is 4.74 Å². The molecule has 2 atom stereocenters. The molecular formula is C10H19NO. The molecule has 2 rings (SSSR count). The van der Waals surface area contributed by atoms with Crippen LogP contribution in [-0.4, -0.2) is 35.7 Å². The Balaban J connectivity index is 2.03. The molecule has 0 spiro atoms. The predicted octanol–water partition coefficient (Wildman–Crippen LogP) is 1.65. The number of hydrogen-bond donors (Lipinski definition) is 0. The fraction of sp³-hybridized carbons (Fsp3) is 1.00. The maximum atomic E-state index is 5.78. The van der Waals surface area contributed by atoms with E-state index in [4.69, 9.17) is 4.74 Å². The molecule has 2 heterocycles. The van der Waals surface area contributed by atoms with E-state index in [9.17, 15) is 0 Å². The smallest absolute Gasteiger partial charge is 0.0707 e. The highest BCUT2D eigenvalue weighted by Gasteiger charge is 2.37. The number of nitrogens with zero attached hydrogens (tertiary/aromatic N) is 1. The molecule has 2 fully saturated rings. The van der Waals surface area contributed by atoms with E-state index in [1.54, 1.807) is 0 Å². The van der Waals surface area contributed by atoms with Crippen LogP contribution in [0.3, 0.4) is 0 Å². The minimum absolute atomic E-state index is 0.324. The fourth-order valence-corrected chi connectivity index (χ4v) is 2.16. The van der Waals surface area contributed by atoms with Crippen molar-refractivity contribution in [2.75, 3.05) is 13.1 Å². The van der Waals surface area contributed by atoms with Crippen molar-refractivity contribution in [1.82, 2.24) is 4.90 Å². The molecule has 0 aromatic heterocycles. The van der Waals surface area contributed by atoms with Crippen molar-refractivity contribution in [1.29, 1.82) is 0 Å². The Kier molecular flexibility index (Phi) is 1.92. The van der Waals surface area contributed by atoms with Gasteiger partial charge in [-0.3, -0.25) is 4.90 Å². The molecule has 0 aliphatic carbocycles. The topological polar surface area (TPSA) is 12.5 Å². The van der Waals surface area contributed by atoms with E-state index in [0.29, 0.717) is 17.7 Å². The van der Waals surface area contributed by atoms with Gasteiger partial charge in [-0.05, 0) is 33.6 Å². The van der Waals surface area contributed by atoms with Crippen molar-refractivity contribution in [3.63, 3.8) is 0 Å². The van der Waals surface area contributed by atoms with Gasteiger partial charge in [0.1, 0.15) is 0 Å². The summed E-state index contributed by atoms with van der Waals surface area (Å²) in [5.41, 5.74) is 0.324. The van der Waals surface area contributed by atoms with E-state index in [0.717, 1.165) is 13.1 Å². The first-order chi connectivity index (χ1) is 5.55. The normalized spacial score (nSPS) is 37.2. The lowest BCUT2D eigenvalue weighted by Gasteiger charge is -2.41. The van der Waals surface area contributed by atoms with Crippen LogP contribution in [-0.2, 0) is 4.74 Å². The molecule has 2 aliphatic rings. The first kappa shape index (κ1) is 8.52. The van der Waals surface area contributed by atoms with Crippen LogP contribution in [0.25, 0.3) is 0 Å². The van der Waals surface area contributed by atoms with E-state index in [1.165, 1.54) is 12.8 Å². The Bertz CT molecular complexity index is 161. The van der Waals surface area contributed by atoms with Gasteiger partial charge in [0.2, 0.25) is 0 Å². The number of fused-ring (bicyclic) bond motifs is 2. The summed E-state index contributed by atoms with van der Waals surface area (Å²) in [7, 11) is 0. The third-order valence-corrected chi connectivity index (χ3v) is 2.99. The molecule has 2 bridgehead atoms. The number of rotatable bonds is 0. The van der Waals surface area contributed by atoms with Gasteiger partial charge in [0.05, 0.1) is 12.2 Å². The molecule has 0 aromatic rings. The van der Waals surface area contributed by atoms with Crippen molar-refractivity contribution < 1.29 is 4.74 Å². The molecule has 2 nitrogen and oxygen atoms in total. The van der Waals surface area contributed by atoms with Crippen molar-refractivity contribution in [3.05, 3.63) is 0 Å². The molecule has 2 saturated heterocycles. The van der Waals surface area contributed by atoms with Gasteiger partial charge >= 0.3 is 0 Å². The molecular weight excluding hydrogens is 150 g/mol. The van der Waals surface area contributed by atoms with Gasteiger partial charge in [-0.1, -0.05) is 0 Å². The highest BCUT2D eigenvalue weighted by molar-refractivity contribution is 4.90. The third kappa shape index (κ3) is 1.50. The molecule has 2 aliphatic heterocycles. The number of likely N-dealkylation sites (tertiary alicyclic amines) is 1. The lowest BCUT2D eigenvalue weighted by molar-refractivity contribution is -0.0668. The zero-order chi connectivity index (χ0) is 8.77. The van der Waals surface area contributed by atoms with E-state index < -0.39 is 0 Å². The Morgan fingerprint density at radius 2 is 1.58 bits per heavy atom. The molecule has 0 aromatic carbocycles. The second kappa shape index (κ2) is 2.71. The van der Waals surface area contributed by atoms with Crippen LogP contribution >= 0.6 is 0 Å². The molecule has 12 heavy (non-hydrogen) atoms. The van der Waals surface area contributed by atoms with Crippen LogP contribution in [0.5, 0.6) is 0 Å². The minimum atomic E-state index is 0.324. The highest BCUT2D eigenvalue weighted by Crippen LogP contribution is 2.29. The maximum absolute atomic E-state index is 5.78. The quantitative estimate of drug-likeness (QED) is 0.546. The summed E-state index contributed by atoms with van der Waals surface area (Å²) in [4.78, 5) is 2.55. The van der Waals surface area contributed by atoms with Crippen LogP contribution in [0.1, 0.15) is 33.6 Å². The average Bonchev–Trinajstić information content (AvgIpc) is 2.28. The van der Waals surface area contributed by atoms with Gasteiger partial charge in [0.15, 0.2) is 0 Å². The Morgan fingerprint density at radius 1 is 1.08 bits per heavy atom. The van der Waals surface area contributed by atoms with Crippen LogP contribution in [0.4, 0.5) is 0 Å². The van der Waals surface area contributed by atoms with E-state index in [-0.39, 0.29) is 0 Å². The number of ether oxygens (including phenoxy) is 1. The van der Waals surface area contributed by atoms with Crippen molar-refractivity contribution in [3.8, 4) is 0 Å². The lowest BCUT2D eigenvalue weighted by atomic mass is 10.0. The van der Waals surface area contributed by atoms with Crippen LogP contribution in [0, 0.1) is 0 Å². The Hall–Kier alpha value is -0.0800. The van der Waals surface area contributed by atoms with E-state index in [2.05, 4.69) is 25.7 Å². The summed E-state index contributed by atoms with van der Waals surface area (Å²) in [6.07, 6.45) is 3.61. The average molecular weight is 169 g/mol. The van der Waals surface area contributed by atoms with Gasteiger partial charge in [-0.2, -0.15) is 0 Å². The molecule has 0 N–H and O–H groups in total. The zero-order valence-corrected chi connectivity index (χ0v) is 8.34. The van der Waals surface area contributed by atoms with Crippen molar-refractivity contribution in [2.24, 2.45) is 0 Å². The molecule has 0 amide bonds. The maximum Gasteiger partial charge on any atom is 0.0707 e. The Morgan fingerprint density at radius 3 is 2.00 bits per heavy atom. The monoisotopic (exact) mass is 169 g/mol. The second-order valence-corrected chi connectivity index (χ2v) is 5.03. The van der Waals surface area contributed by atoms with E-state index >= 15 is 0 Å². The summed E-state index contributed by atoms with van der Waals surface area (Å²) in [5.74, 6) is 0. The van der Waals surface area contributed by atoms with Crippen molar-refractivity contribution in [2.45, 2.75) is 51.4 Å². The lowest BCUT2D eigenvalue weighted by Crippen LogP contribution is -2.51. The van der Waals surface area contributed by atoms with Gasteiger partial charge in [0.25, 0.3) is 0 Å². The summed E-state index contributed by atoms with van der Waals surface area (Å²) in [5, 5.41) is 0. The highest BCUT2D eigenvalue weighted by atomic mass is 16.5. The summed E-state index contributed by atoms with van der Waals surface area (Å²) in [6, 6.07) is 0. The first-order valence-corrected chi connectivity index (χ1v) is 4.96. The minimum Gasteiger partial charge on any atom is -0.372 e. The summed E-state index contributed by atoms with van der Waals surface area (Å²) >= 11 is 0. The molecule has 2 heteroatoms. The SMILES string of the molecule is CC(C)(C)N1CC2CCC(C1)O2. The van der Waals surface area contributed by atoms with E-state index in [1.807, 2.05) is 0 Å². The van der Waals surface area contributed by atoms with Gasteiger partial charge in [0, 0.05) is 18.6 Å². The predicted molar refractivity (Wildman–Crippen MR) is 49.2 cm³/mol. The largest absolute Gasteiger partial charge is 0.372 e. The van der Waals surface area contributed by atoms with Crippen LogP contribution in [0.15, 0.2) is 0 Å². The summed E-state index contributed by atoms with van der Waals surface area (Å²) in [6.45, 7) is 9.15. The van der Waals surface area contributed by atoms with Crippen LogP contribution in [0.2, 0.25) is 0 Å². The number of morpholine rings is 1. The molecule has 0 saturated carbocycles. The Labute approximate surface area is 74.9 Å². The first-order valence-electron chi connectivity index (χ1n) is 4.96. The van der Waals surface area contributed by atoms with Gasteiger partial charge in [-0.15, -0.1) is 0 Å². The van der Waals surface area contributed by atoms with Crippen molar-refractivity contribution >= 4 is 0 Å². The molecule has 0 radical (unpaired) electrons. The fourth-order valence-electron chi connectivity index (χ4n) is 2.16. The third-order valence-electron chi connectivity index (χ3n) is 2.99.